The number of para-hydroxylation sites is 2. The minimum Gasteiger partial charge on any atom is -0.506 e. The summed E-state index contributed by atoms with van der Waals surface area (Å²) < 4.78 is 40.5. The van der Waals surface area contributed by atoms with Gasteiger partial charge in [-0.25, -0.2) is 9.59 Å². The summed E-state index contributed by atoms with van der Waals surface area (Å²) in [5.74, 6) is -1.66. The molecule has 8 rings (SSSR count). The summed E-state index contributed by atoms with van der Waals surface area (Å²) in [6, 6.07) is 14.2. The van der Waals surface area contributed by atoms with Crippen molar-refractivity contribution >= 4 is 33.7 Å². The van der Waals surface area contributed by atoms with E-state index in [1.54, 1.807) is 51.1 Å². The molecule has 0 amide bonds. The van der Waals surface area contributed by atoms with Crippen molar-refractivity contribution in [3.05, 3.63) is 80.4 Å². The van der Waals surface area contributed by atoms with Gasteiger partial charge in [0.2, 0.25) is 0 Å². The van der Waals surface area contributed by atoms with Gasteiger partial charge in [0.15, 0.2) is 17.2 Å². The van der Waals surface area contributed by atoms with Crippen molar-refractivity contribution in [1.82, 2.24) is 9.13 Å². The predicted molar refractivity (Wildman–Crippen MR) is 203 cm³/mol. The number of hydrogen-bond donors (Lipinski definition) is 4. The average molecular weight is 797 g/mol. The molecular weight excluding hydrogens is 748 g/mol. The molecule has 0 saturated carbocycles. The summed E-state index contributed by atoms with van der Waals surface area (Å²) in [4.78, 5) is 49.8. The second-order valence-corrected chi connectivity index (χ2v) is 13.6. The lowest BCUT2D eigenvalue weighted by Gasteiger charge is -2.22. The largest absolute Gasteiger partial charge is 0.506 e. The van der Waals surface area contributed by atoms with Crippen LogP contribution in [-0.2, 0) is 41.5 Å². The van der Waals surface area contributed by atoms with Gasteiger partial charge in [-0.15, -0.1) is 0 Å². The number of esters is 2. The molecule has 8 atom stereocenters. The van der Waals surface area contributed by atoms with E-state index in [1.807, 2.05) is 25.1 Å². The number of rotatable bonds is 8. The Morgan fingerprint density at radius 3 is 1.58 bits per heavy atom. The van der Waals surface area contributed by atoms with Crippen molar-refractivity contribution in [2.45, 2.75) is 89.6 Å². The molecule has 0 spiro atoms. The van der Waals surface area contributed by atoms with E-state index in [0.717, 1.165) is 0 Å². The van der Waals surface area contributed by atoms with Gasteiger partial charge in [-0.1, -0.05) is 24.3 Å². The Morgan fingerprint density at radius 1 is 0.632 bits per heavy atom. The standard InChI is InChI=1S/C20H23NO7.C14H15NO4.C6H10O4/c1-3-21-12-8-6-5-7-11(12)16(15(19(21)23)20(24)25-4-2)28-14-10-27-17-13(22)9-26-18(14)17;1-3-15-10-8-6-5-7-9(10)12(16)11(13(15)17)14(18)19-4-2;7-3-1-9-6-4(8)2-10-5(3)6/h5-8,13-14,17-18,22H,3-4,9-10H2,1-2H3;5-8,16H,3-4H2,1-2H3;3-8H,1-2H2/t13-,14?,17+,18+;;3-,4?,5+,6+/m0.0/s1. The Hall–Kier alpha value is -4.88. The minimum atomic E-state index is -0.794. The number of carbonyl (C=O) groups is 2. The number of aromatic hydroxyl groups is 1. The van der Waals surface area contributed by atoms with Crippen molar-refractivity contribution in [2.75, 3.05) is 39.6 Å². The highest BCUT2D eigenvalue weighted by Gasteiger charge is 2.49. The second kappa shape index (κ2) is 18.1. The fraction of sp³-hybridized carbons (Fsp3) is 0.500. The van der Waals surface area contributed by atoms with Crippen LogP contribution in [0.1, 0.15) is 48.4 Å². The third kappa shape index (κ3) is 8.14. The molecule has 6 heterocycles. The molecule has 2 aromatic carbocycles. The van der Waals surface area contributed by atoms with Crippen molar-refractivity contribution in [3.63, 3.8) is 0 Å². The number of benzene rings is 2. The van der Waals surface area contributed by atoms with Gasteiger partial charge < -0.3 is 62.7 Å². The van der Waals surface area contributed by atoms with Crippen molar-refractivity contribution in [2.24, 2.45) is 0 Å². The quantitative estimate of drug-likeness (QED) is 0.186. The minimum absolute atomic E-state index is 0.135. The highest BCUT2D eigenvalue weighted by molar-refractivity contribution is 6.00. The smallest absolute Gasteiger partial charge is 0.347 e. The number of ether oxygens (including phenoxy) is 7. The molecule has 4 aliphatic heterocycles. The van der Waals surface area contributed by atoms with E-state index in [-0.39, 0.29) is 74.5 Å². The molecule has 0 bridgehead atoms. The highest BCUT2D eigenvalue weighted by Crippen LogP contribution is 2.35. The van der Waals surface area contributed by atoms with Gasteiger partial charge >= 0.3 is 11.9 Å². The van der Waals surface area contributed by atoms with Gasteiger partial charge in [-0.2, -0.15) is 0 Å². The molecule has 4 N–H and O–H groups in total. The lowest BCUT2D eigenvalue weighted by molar-refractivity contribution is 0.00205. The van der Waals surface area contributed by atoms with E-state index < -0.39 is 59.7 Å². The first-order valence-electron chi connectivity index (χ1n) is 19.0. The molecule has 0 radical (unpaired) electrons. The normalized spacial score (nSPS) is 25.9. The fourth-order valence-corrected chi connectivity index (χ4v) is 7.44. The average Bonchev–Trinajstić information content (AvgIpc) is 3.98. The second-order valence-electron chi connectivity index (χ2n) is 13.6. The maximum Gasteiger partial charge on any atom is 0.347 e. The summed E-state index contributed by atoms with van der Waals surface area (Å²) in [5, 5.41) is 39.5. The summed E-state index contributed by atoms with van der Waals surface area (Å²) in [6.07, 6.45) is -3.89. The Morgan fingerprint density at radius 2 is 1.05 bits per heavy atom. The van der Waals surface area contributed by atoms with Crippen LogP contribution in [0.25, 0.3) is 21.8 Å². The van der Waals surface area contributed by atoms with Crippen LogP contribution in [0.15, 0.2) is 58.1 Å². The zero-order valence-electron chi connectivity index (χ0n) is 32.1. The maximum absolute atomic E-state index is 13.1. The fourth-order valence-electron chi connectivity index (χ4n) is 7.44. The van der Waals surface area contributed by atoms with E-state index in [2.05, 4.69) is 0 Å². The first-order chi connectivity index (χ1) is 27.5. The van der Waals surface area contributed by atoms with Gasteiger partial charge in [0.05, 0.1) is 50.7 Å². The summed E-state index contributed by atoms with van der Waals surface area (Å²) in [7, 11) is 0. The Kier molecular flexibility index (Phi) is 13.3. The van der Waals surface area contributed by atoms with E-state index in [9.17, 15) is 29.4 Å². The molecule has 308 valence electrons. The maximum atomic E-state index is 13.1. The van der Waals surface area contributed by atoms with Crippen LogP contribution in [-0.4, -0.2) is 130 Å². The first-order valence-corrected chi connectivity index (χ1v) is 19.0. The van der Waals surface area contributed by atoms with E-state index in [0.29, 0.717) is 34.9 Å². The first kappa shape index (κ1) is 41.7. The van der Waals surface area contributed by atoms with Gasteiger partial charge in [0.1, 0.15) is 54.2 Å². The zero-order valence-corrected chi connectivity index (χ0v) is 32.1. The third-order valence-corrected chi connectivity index (χ3v) is 10.1. The summed E-state index contributed by atoms with van der Waals surface area (Å²) >= 11 is 0. The van der Waals surface area contributed by atoms with Gasteiger partial charge in [0.25, 0.3) is 11.1 Å². The van der Waals surface area contributed by atoms with Crippen LogP contribution in [0.5, 0.6) is 11.5 Å². The summed E-state index contributed by atoms with van der Waals surface area (Å²) in [6.45, 7) is 9.00. The molecule has 0 aliphatic carbocycles. The number of carbonyl (C=O) groups excluding carboxylic acids is 2. The number of pyridine rings is 2. The van der Waals surface area contributed by atoms with Crippen molar-refractivity contribution < 1.29 is 63.2 Å². The number of hydrogen-bond acceptors (Lipinski definition) is 15. The lowest BCUT2D eigenvalue weighted by atomic mass is 10.1. The highest BCUT2D eigenvalue weighted by atomic mass is 16.6. The van der Waals surface area contributed by atoms with Gasteiger partial charge in [-0.05, 0) is 52.0 Å². The molecule has 17 nitrogen and oxygen atoms in total. The molecule has 4 aliphatic rings. The lowest BCUT2D eigenvalue weighted by Crippen LogP contribution is -2.36. The summed E-state index contributed by atoms with van der Waals surface area (Å²) in [5.41, 5.74) is -0.164. The molecule has 2 unspecified atom stereocenters. The molecule has 57 heavy (non-hydrogen) atoms. The van der Waals surface area contributed by atoms with Crippen LogP contribution in [0.4, 0.5) is 0 Å². The van der Waals surface area contributed by atoms with Crippen LogP contribution >= 0.6 is 0 Å². The van der Waals surface area contributed by atoms with Crippen LogP contribution in [0, 0.1) is 0 Å². The number of nitrogens with zero attached hydrogens (tertiary/aromatic N) is 2. The third-order valence-electron chi connectivity index (χ3n) is 10.1. The Balaban J connectivity index is 0.000000162. The SMILES string of the molecule is CCOC(=O)c1c(O)c2ccccc2n(CC)c1=O.CCOC(=O)c1c(OC2CO[C@H]3[C@@H]2OC[C@@H]3O)c2ccccc2n(CC)c1=O.OC1CO[C@H]2[C@@H]1OC[C@@H]2O. The van der Waals surface area contributed by atoms with E-state index >= 15 is 0 Å². The molecule has 4 aromatic rings. The van der Waals surface area contributed by atoms with Crippen LogP contribution < -0.4 is 15.9 Å². The number of aryl methyl sites for hydroxylation is 2. The number of aliphatic hydroxyl groups is 3. The van der Waals surface area contributed by atoms with Crippen LogP contribution in [0.2, 0.25) is 0 Å². The molecule has 4 fully saturated rings. The monoisotopic (exact) mass is 796 g/mol. The van der Waals surface area contributed by atoms with E-state index in [1.165, 1.54) is 9.13 Å². The number of fused-ring (bicyclic) bond motifs is 4. The topological polar surface area (TPSA) is 224 Å². The molecule has 17 heteroatoms. The molecular formula is C40H48N2O15. The van der Waals surface area contributed by atoms with Gasteiger partial charge in [0, 0.05) is 23.9 Å². The van der Waals surface area contributed by atoms with Crippen molar-refractivity contribution in [3.8, 4) is 11.5 Å². The number of aliphatic hydroxyl groups excluding tert-OH is 3. The van der Waals surface area contributed by atoms with Crippen LogP contribution in [0.3, 0.4) is 0 Å². The molecule has 2 aromatic heterocycles. The predicted octanol–water partition coefficient (Wildman–Crippen LogP) is 1.51. The number of aromatic nitrogens is 2. The Labute approximate surface area is 326 Å². The molecule has 4 saturated heterocycles. The van der Waals surface area contributed by atoms with E-state index in [4.69, 9.17) is 43.4 Å². The van der Waals surface area contributed by atoms with Gasteiger partial charge in [-0.3, -0.25) is 9.59 Å². The zero-order chi connectivity index (χ0) is 41.0. The van der Waals surface area contributed by atoms with Crippen molar-refractivity contribution in [1.29, 1.82) is 0 Å². The Bertz CT molecular complexity index is 2190.